The normalized spacial score (nSPS) is 10.3. The van der Waals surface area contributed by atoms with Crippen molar-refractivity contribution in [3.63, 3.8) is 0 Å². The van der Waals surface area contributed by atoms with Crippen molar-refractivity contribution in [2.24, 2.45) is 0 Å². The first-order valence-corrected chi connectivity index (χ1v) is 10.4. The van der Waals surface area contributed by atoms with E-state index in [4.69, 9.17) is 4.74 Å². The first-order valence-electron chi connectivity index (χ1n) is 9.23. The van der Waals surface area contributed by atoms with Crippen LogP contribution in [-0.2, 0) is 21.8 Å². The Morgan fingerprint density at radius 1 is 1.03 bits per heavy atom. The third-order valence-corrected chi connectivity index (χ3v) is 5.10. The fraction of sp³-hybridized carbons (Fsp3) is 0.318. The van der Waals surface area contributed by atoms with Gasteiger partial charge in [0.05, 0.1) is 25.0 Å². The number of esters is 1. The topological polar surface area (TPSA) is 81.7 Å². The lowest BCUT2D eigenvalue weighted by molar-refractivity contribution is -0.118. The molecule has 0 unspecified atom stereocenters. The highest BCUT2D eigenvalue weighted by Gasteiger charge is 2.10. The molecule has 0 saturated heterocycles. The third kappa shape index (κ3) is 6.94. The van der Waals surface area contributed by atoms with Gasteiger partial charge in [-0.15, -0.1) is 11.8 Å². The lowest BCUT2D eigenvalue weighted by Crippen LogP contribution is -2.24. The van der Waals surface area contributed by atoms with Crippen LogP contribution in [0.4, 0.5) is 0 Å². The highest BCUT2D eigenvalue weighted by atomic mass is 32.2. The molecule has 0 bridgehead atoms. The number of carbonyl (C=O) groups excluding carboxylic acids is 3. The lowest BCUT2D eigenvalue weighted by atomic mass is 10.1. The molecule has 1 amide bonds. The molecule has 0 atom stereocenters. The van der Waals surface area contributed by atoms with Crippen molar-refractivity contribution in [2.75, 3.05) is 19.5 Å². The van der Waals surface area contributed by atoms with Gasteiger partial charge in [-0.2, -0.15) is 0 Å². The van der Waals surface area contributed by atoms with Crippen molar-refractivity contribution in [1.82, 2.24) is 5.32 Å². The SMILES string of the molecule is CCOc1ccc(C(C)=O)cc1CSCC(=O)NCc1ccc(C(=O)OC)cc1. The third-order valence-electron chi connectivity index (χ3n) is 4.12. The van der Waals surface area contributed by atoms with Gasteiger partial charge in [-0.1, -0.05) is 12.1 Å². The summed E-state index contributed by atoms with van der Waals surface area (Å²) in [7, 11) is 1.34. The predicted octanol–water partition coefficient (Wildman–Crippen LogP) is 3.62. The quantitative estimate of drug-likeness (QED) is 0.471. The number of hydrogen-bond donors (Lipinski definition) is 1. The summed E-state index contributed by atoms with van der Waals surface area (Å²) in [5, 5.41) is 2.86. The molecule has 0 fully saturated rings. The highest BCUT2D eigenvalue weighted by Crippen LogP contribution is 2.25. The Labute approximate surface area is 175 Å². The molecule has 0 spiro atoms. The molecule has 0 radical (unpaired) electrons. The number of Topliss-reactive ketones (excluding diaryl/α,β-unsaturated/α-hetero) is 1. The van der Waals surface area contributed by atoms with Crippen LogP contribution >= 0.6 is 11.8 Å². The zero-order valence-corrected chi connectivity index (χ0v) is 17.6. The van der Waals surface area contributed by atoms with Crippen LogP contribution in [0.15, 0.2) is 42.5 Å². The largest absolute Gasteiger partial charge is 0.494 e. The van der Waals surface area contributed by atoms with Gasteiger partial charge in [-0.3, -0.25) is 9.59 Å². The van der Waals surface area contributed by atoms with Crippen LogP contribution in [0.2, 0.25) is 0 Å². The van der Waals surface area contributed by atoms with Crippen molar-refractivity contribution in [3.8, 4) is 5.75 Å². The van der Waals surface area contributed by atoms with E-state index in [1.165, 1.54) is 25.8 Å². The number of benzene rings is 2. The molecule has 2 aromatic carbocycles. The summed E-state index contributed by atoms with van der Waals surface area (Å²) in [6, 6.07) is 12.3. The summed E-state index contributed by atoms with van der Waals surface area (Å²) < 4.78 is 10.3. The second-order valence-electron chi connectivity index (χ2n) is 6.27. The zero-order chi connectivity index (χ0) is 21.2. The van der Waals surface area contributed by atoms with Gasteiger partial charge < -0.3 is 14.8 Å². The number of ketones is 1. The minimum atomic E-state index is -0.391. The Morgan fingerprint density at radius 2 is 1.72 bits per heavy atom. The molecule has 2 rings (SSSR count). The van der Waals surface area contributed by atoms with E-state index in [0.29, 0.717) is 30.0 Å². The van der Waals surface area contributed by atoms with E-state index in [1.807, 2.05) is 13.0 Å². The average Bonchev–Trinajstić information content (AvgIpc) is 2.73. The number of ether oxygens (including phenoxy) is 2. The van der Waals surface area contributed by atoms with Crippen LogP contribution in [0, 0.1) is 0 Å². The van der Waals surface area contributed by atoms with Crippen molar-refractivity contribution >= 4 is 29.4 Å². The van der Waals surface area contributed by atoms with Crippen LogP contribution < -0.4 is 10.1 Å². The van der Waals surface area contributed by atoms with E-state index in [2.05, 4.69) is 10.1 Å². The van der Waals surface area contributed by atoms with Gasteiger partial charge >= 0.3 is 5.97 Å². The molecule has 0 aliphatic carbocycles. The maximum atomic E-state index is 12.1. The maximum Gasteiger partial charge on any atom is 0.337 e. The number of methoxy groups -OCH3 is 1. The molecule has 6 nitrogen and oxygen atoms in total. The molecule has 0 heterocycles. The maximum absolute atomic E-state index is 12.1. The van der Waals surface area contributed by atoms with E-state index in [0.717, 1.165) is 16.9 Å². The molecular formula is C22H25NO5S. The van der Waals surface area contributed by atoms with E-state index >= 15 is 0 Å². The van der Waals surface area contributed by atoms with Crippen LogP contribution in [0.25, 0.3) is 0 Å². The van der Waals surface area contributed by atoms with E-state index in [1.54, 1.807) is 36.4 Å². The number of rotatable bonds is 10. The summed E-state index contributed by atoms with van der Waals surface area (Å²) >= 11 is 1.45. The van der Waals surface area contributed by atoms with Crippen molar-refractivity contribution in [2.45, 2.75) is 26.1 Å². The molecule has 0 aromatic heterocycles. The summed E-state index contributed by atoms with van der Waals surface area (Å²) in [6.07, 6.45) is 0. The molecule has 0 aliphatic heterocycles. The summed E-state index contributed by atoms with van der Waals surface area (Å²) in [5.41, 5.74) is 2.89. The minimum absolute atomic E-state index is 0.00439. The van der Waals surface area contributed by atoms with Gasteiger partial charge in [0, 0.05) is 23.4 Å². The van der Waals surface area contributed by atoms with E-state index in [9.17, 15) is 14.4 Å². The summed E-state index contributed by atoms with van der Waals surface area (Å²) in [5.74, 6) is 1.10. The number of thioether (sulfide) groups is 1. The Hall–Kier alpha value is -2.80. The average molecular weight is 416 g/mol. The fourth-order valence-electron chi connectivity index (χ4n) is 2.59. The number of amides is 1. The van der Waals surface area contributed by atoms with Crippen LogP contribution in [0.3, 0.4) is 0 Å². The molecular weight excluding hydrogens is 390 g/mol. The van der Waals surface area contributed by atoms with Gasteiger partial charge in [0.15, 0.2) is 5.78 Å². The first-order chi connectivity index (χ1) is 13.9. The second kappa shape index (κ2) is 11.3. The zero-order valence-electron chi connectivity index (χ0n) is 16.8. The van der Waals surface area contributed by atoms with Gasteiger partial charge in [-0.25, -0.2) is 4.79 Å². The number of hydrogen-bond acceptors (Lipinski definition) is 6. The molecule has 7 heteroatoms. The Morgan fingerprint density at radius 3 is 2.34 bits per heavy atom. The smallest absolute Gasteiger partial charge is 0.337 e. The number of nitrogens with one attached hydrogen (secondary N) is 1. The Kier molecular flexibility index (Phi) is 8.73. The van der Waals surface area contributed by atoms with Crippen molar-refractivity contribution in [1.29, 1.82) is 0 Å². The van der Waals surface area contributed by atoms with Gasteiger partial charge in [-0.05, 0) is 49.7 Å². The Balaban J connectivity index is 1.84. The van der Waals surface area contributed by atoms with Crippen LogP contribution in [-0.4, -0.2) is 37.1 Å². The fourth-order valence-corrected chi connectivity index (χ4v) is 3.42. The molecule has 29 heavy (non-hydrogen) atoms. The Bertz CT molecular complexity index is 864. The predicted molar refractivity (Wildman–Crippen MR) is 113 cm³/mol. The highest BCUT2D eigenvalue weighted by molar-refractivity contribution is 7.99. The first kappa shape index (κ1) is 22.5. The monoisotopic (exact) mass is 415 g/mol. The summed E-state index contributed by atoms with van der Waals surface area (Å²) in [4.78, 5) is 35.2. The van der Waals surface area contributed by atoms with Crippen LogP contribution in [0.1, 0.15) is 45.7 Å². The molecule has 0 saturated carbocycles. The summed E-state index contributed by atoms with van der Waals surface area (Å²) in [6.45, 7) is 4.34. The van der Waals surface area contributed by atoms with Gasteiger partial charge in [0.25, 0.3) is 0 Å². The van der Waals surface area contributed by atoms with E-state index in [-0.39, 0.29) is 17.4 Å². The van der Waals surface area contributed by atoms with Crippen LogP contribution in [0.5, 0.6) is 5.75 Å². The standard InChI is InChI=1S/C22H25NO5S/c1-4-28-20-10-9-18(15(2)24)11-19(20)13-29-14-21(25)23-12-16-5-7-17(8-6-16)22(26)27-3/h5-11H,4,12-14H2,1-3H3,(H,23,25). The van der Waals surface area contributed by atoms with E-state index < -0.39 is 5.97 Å². The molecule has 154 valence electrons. The second-order valence-corrected chi connectivity index (χ2v) is 7.26. The van der Waals surface area contributed by atoms with Crippen molar-refractivity contribution < 1.29 is 23.9 Å². The van der Waals surface area contributed by atoms with Crippen molar-refractivity contribution in [3.05, 3.63) is 64.7 Å². The van der Waals surface area contributed by atoms with Gasteiger partial charge in [0.1, 0.15) is 5.75 Å². The lowest BCUT2D eigenvalue weighted by Gasteiger charge is -2.11. The molecule has 2 aromatic rings. The number of carbonyl (C=O) groups is 3. The van der Waals surface area contributed by atoms with Gasteiger partial charge in [0.2, 0.25) is 5.91 Å². The molecule has 1 N–H and O–H groups in total. The minimum Gasteiger partial charge on any atom is -0.494 e. The molecule has 0 aliphatic rings.